The van der Waals surface area contributed by atoms with Crippen LogP contribution in [-0.4, -0.2) is 24.8 Å². The van der Waals surface area contributed by atoms with E-state index in [1.54, 1.807) is 7.11 Å². The van der Waals surface area contributed by atoms with Crippen molar-refractivity contribution in [2.45, 2.75) is 39.8 Å². The van der Waals surface area contributed by atoms with Crippen LogP contribution in [-0.2, 0) is 0 Å². The van der Waals surface area contributed by atoms with Crippen molar-refractivity contribution < 1.29 is 9.84 Å². The minimum atomic E-state index is -0.552. The second kappa shape index (κ2) is 6.03. The van der Waals surface area contributed by atoms with Gasteiger partial charge < -0.3 is 15.2 Å². The van der Waals surface area contributed by atoms with Crippen molar-refractivity contribution in [1.82, 2.24) is 5.32 Å². The molecule has 0 aromatic heterocycles. The lowest BCUT2D eigenvalue weighted by Crippen LogP contribution is -2.32. The standard InChI is InChI=1S/C14H23NO2/c1-6-15-11(4)13(16)12-8-9(2)7-10(3)14(12)17-5/h7-8,11,13,15-16H,6H2,1-5H3. The summed E-state index contributed by atoms with van der Waals surface area (Å²) in [5.41, 5.74) is 3.06. The zero-order valence-electron chi connectivity index (χ0n) is 11.4. The van der Waals surface area contributed by atoms with Gasteiger partial charge in [-0.2, -0.15) is 0 Å². The van der Waals surface area contributed by atoms with Crippen molar-refractivity contribution in [3.05, 3.63) is 28.8 Å². The van der Waals surface area contributed by atoms with Gasteiger partial charge in [-0.05, 0) is 38.9 Å². The number of nitrogens with one attached hydrogen (secondary N) is 1. The van der Waals surface area contributed by atoms with Crippen molar-refractivity contribution in [3.63, 3.8) is 0 Å². The number of aliphatic hydroxyl groups is 1. The number of hydrogen-bond donors (Lipinski definition) is 2. The summed E-state index contributed by atoms with van der Waals surface area (Å²) in [5, 5.41) is 13.6. The highest BCUT2D eigenvalue weighted by molar-refractivity contribution is 5.45. The Balaban J connectivity index is 3.11. The second-order valence-electron chi connectivity index (χ2n) is 4.50. The molecule has 1 aromatic carbocycles. The first-order valence-corrected chi connectivity index (χ1v) is 6.07. The fourth-order valence-corrected chi connectivity index (χ4v) is 2.19. The molecule has 0 aliphatic heterocycles. The molecule has 0 fully saturated rings. The van der Waals surface area contributed by atoms with Gasteiger partial charge in [0.1, 0.15) is 5.75 Å². The zero-order chi connectivity index (χ0) is 13.0. The molecule has 17 heavy (non-hydrogen) atoms. The summed E-state index contributed by atoms with van der Waals surface area (Å²) in [7, 11) is 1.64. The normalized spacial score (nSPS) is 14.5. The molecule has 3 heteroatoms. The van der Waals surface area contributed by atoms with Crippen LogP contribution >= 0.6 is 0 Å². The third-order valence-corrected chi connectivity index (χ3v) is 2.97. The average Bonchev–Trinajstić information content (AvgIpc) is 2.27. The Labute approximate surface area is 104 Å². The third kappa shape index (κ3) is 3.20. The van der Waals surface area contributed by atoms with Gasteiger partial charge in [0.25, 0.3) is 0 Å². The van der Waals surface area contributed by atoms with E-state index in [0.717, 1.165) is 29.0 Å². The summed E-state index contributed by atoms with van der Waals surface area (Å²) < 4.78 is 5.39. The molecule has 0 aliphatic rings. The maximum atomic E-state index is 10.3. The molecule has 0 heterocycles. The summed E-state index contributed by atoms with van der Waals surface area (Å²) in [6, 6.07) is 4.06. The first-order chi connectivity index (χ1) is 8.01. The molecule has 1 aromatic rings. The van der Waals surface area contributed by atoms with Gasteiger partial charge in [0, 0.05) is 11.6 Å². The Hall–Kier alpha value is -1.06. The van der Waals surface area contributed by atoms with Crippen molar-refractivity contribution in [2.75, 3.05) is 13.7 Å². The van der Waals surface area contributed by atoms with Gasteiger partial charge in [-0.15, -0.1) is 0 Å². The molecule has 96 valence electrons. The van der Waals surface area contributed by atoms with Crippen molar-refractivity contribution in [1.29, 1.82) is 0 Å². The Bertz CT molecular complexity index is 377. The van der Waals surface area contributed by atoms with Crippen LogP contribution in [0, 0.1) is 13.8 Å². The lowest BCUT2D eigenvalue weighted by molar-refractivity contribution is 0.133. The molecule has 0 amide bonds. The molecule has 0 saturated carbocycles. The Morgan fingerprint density at radius 1 is 1.35 bits per heavy atom. The Kier molecular flexibility index (Phi) is 4.97. The first kappa shape index (κ1) is 14.0. The molecule has 1 rings (SSSR count). The monoisotopic (exact) mass is 237 g/mol. The lowest BCUT2D eigenvalue weighted by Gasteiger charge is -2.23. The minimum Gasteiger partial charge on any atom is -0.496 e. The van der Waals surface area contributed by atoms with Gasteiger partial charge in [-0.25, -0.2) is 0 Å². The Morgan fingerprint density at radius 3 is 2.53 bits per heavy atom. The molecule has 3 nitrogen and oxygen atoms in total. The predicted octanol–water partition coefficient (Wildman–Crippen LogP) is 2.34. The topological polar surface area (TPSA) is 41.5 Å². The number of ether oxygens (including phenoxy) is 1. The summed E-state index contributed by atoms with van der Waals surface area (Å²) >= 11 is 0. The van der Waals surface area contributed by atoms with Crippen LogP contribution in [0.3, 0.4) is 0 Å². The van der Waals surface area contributed by atoms with Crippen LogP contribution in [0.2, 0.25) is 0 Å². The third-order valence-electron chi connectivity index (χ3n) is 2.97. The van der Waals surface area contributed by atoms with E-state index in [9.17, 15) is 5.11 Å². The number of benzene rings is 1. The first-order valence-electron chi connectivity index (χ1n) is 6.07. The lowest BCUT2D eigenvalue weighted by atomic mass is 9.97. The molecule has 0 aliphatic carbocycles. The van der Waals surface area contributed by atoms with E-state index >= 15 is 0 Å². The predicted molar refractivity (Wildman–Crippen MR) is 70.6 cm³/mol. The molecule has 0 radical (unpaired) electrons. The SMILES string of the molecule is CCNC(C)C(O)c1cc(C)cc(C)c1OC. The van der Waals surface area contributed by atoms with E-state index in [1.807, 2.05) is 33.8 Å². The maximum absolute atomic E-state index is 10.3. The molecule has 2 atom stereocenters. The van der Waals surface area contributed by atoms with Crippen LogP contribution in [0.25, 0.3) is 0 Å². The number of methoxy groups -OCH3 is 1. The average molecular weight is 237 g/mol. The van der Waals surface area contributed by atoms with Crippen LogP contribution < -0.4 is 10.1 Å². The van der Waals surface area contributed by atoms with Crippen LogP contribution in [0.15, 0.2) is 12.1 Å². The van der Waals surface area contributed by atoms with E-state index < -0.39 is 6.10 Å². The molecule has 2 N–H and O–H groups in total. The highest BCUT2D eigenvalue weighted by atomic mass is 16.5. The number of rotatable bonds is 5. The molecule has 0 saturated heterocycles. The van der Waals surface area contributed by atoms with Gasteiger partial charge in [0.2, 0.25) is 0 Å². The van der Waals surface area contributed by atoms with E-state index in [0.29, 0.717) is 0 Å². The highest BCUT2D eigenvalue weighted by Crippen LogP contribution is 2.31. The Morgan fingerprint density at radius 2 is 2.00 bits per heavy atom. The van der Waals surface area contributed by atoms with Gasteiger partial charge in [-0.3, -0.25) is 0 Å². The van der Waals surface area contributed by atoms with Crippen LogP contribution in [0.4, 0.5) is 0 Å². The van der Waals surface area contributed by atoms with Gasteiger partial charge in [-0.1, -0.05) is 18.6 Å². The molecule has 2 unspecified atom stereocenters. The number of aliphatic hydroxyl groups excluding tert-OH is 1. The smallest absolute Gasteiger partial charge is 0.127 e. The molecule has 0 spiro atoms. The summed E-state index contributed by atoms with van der Waals surface area (Å²) in [6.07, 6.45) is -0.552. The summed E-state index contributed by atoms with van der Waals surface area (Å²) in [5.74, 6) is 0.785. The number of aryl methyl sites for hydroxylation is 2. The largest absolute Gasteiger partial charge is 0.496 e. The van der Waals surface area contributed by atoms with Gasteiger partial charge in [0.05, 0.1) is 13.2 Å². The van der Waals surface area contributed by atoms with Gasteiger partial charge >= 0.3 is 0 Å². The molecular weight excluding hydrogens is 214 g/mol. The van der Waals surface area contributed by atoms with Crippen LogP contribution in [0.1, 0.15) is 36.6 Å². The molecular formula is C14H23NO2. The van der Waals surface area contributed by atoms with Crippen molar-refractivity contribution in [2.24, 2.45) is 0 Å². The molecule has 0 bridgehead atoms. The van der Waals surface area contributed by atoms with Crippen molar-refractivity contribution >= 4 is 0 Å². The zero-order valence-corrected chi connectivity index (χ0v) is 11.4. The van der Waals surface area contributed by atoms with Crippen LogP contribution in [0.5, 0.6) is 5.75 Å². The van der Waals surface area contributed by atoms with Gasteiger partial charge in [0.15, 0.2) is 0 Å². The van der Waals surface area contributed by atoms with Crippen molar-refractivity contribution in [3.8, 4) is 5.75 Å². The second-order valence-corrected chi connectivity index (χ2v) is 4.50. The maximum Gasteiger partial charge on any atom is 0.127 e. The number of hydrogen-bond acceptors (Lipinski definition) is 3. The fraction of sp³-hybridized carbons (Fsp3) is 0.571. The van der Waals surface area contributed by atoms with E-state index in [1.165, 1.54) is 0 Å². The summed E-state index contributed by atoms with van der Waals surface area (Å²) in [6.45, 7) is 8.87. The van der Waals surface area contributed by atoms with E-state index in [-0.39, 0.29) is 6.04 Å². The summed E-state index contributed by atoms with van der Waals surface area (Å²) in [4.78, 5) is 0. The van der Waals surface area contributed by atoms with E-state index in [2.05, 4.69) is 11.4 Å². The quantitative estimate of drug-likeness (QED) is 0.826. The highest BCUT2D eigenvalue weighted by Gasteiger charge is 2.20. The van der Waals surface area contributed by atoms with E-state index in [4.69, 9.17) is 4.74 Å². The number of likely N-dealkylation sites (N-methyl/N-ethyl adjacent to an activating group) is 1. The minimum absolute atomic E-state index is 0.00935. The fourth-order valence-electron chi connectivity index (χ4n) is 2.19.